The lowest BCUT2D eigenvalue weighted by Gasteiger charge is -2.35. The van der Waals surface area contributed by atoms with E-state index in [0.29, 0.717) is 30.0 Å². The van der Waals surface area contributed by atoms with Gasteiger partial charge >= 0.3 is 0 Å². The average Bonchev–Trinajstić information content (AvgIpc) is 3.53. The zero-order chi connectivity index (χ0) is 23.5. The molecule has 7 nitrogen and oxygen atoms in total. The van der Waals surface area contributed by atoms with Crippen molar-refractivity contribution in [1.29, 1.82) is 0 Å². The van der Waals surface area contributed by atoms with Gasteiger partial charge in [-0.25, -0.2) is 4.98 Å². The number of hydrogen-bond donors (Lipinski definition) is 1. The number of fused-ring (bicyclic) bond motifs is 1. The van der Waals surface area contributed by atoms with Crippen molar-refractivity contribution < 1.29 is 9.53 Å². The second-order valence-electron chi connectivity index (χ2n) is 8.36. The van der Waals surface area contributed by atoms with Gasteiger partial charge in [0.15, 0.2) is 0 Å². The molecule has 0 spiro atoms. The predicted octanol–water partition coefficient (Wildman–Crippen LogP) is 3.68. The van der Waals surface area contributed by atoms with Crippen LogP contribution in [0, 0.1) is 6.92 Å². The lowest BCUT2D eigenvalue weighted by molar-refractivity contribution is -0.122. The Morgan fingerprint density at radius 1 is 1.18 bits per heavy atom. The van der Waals surface area contributed by atoms with E-state index in [9.17, 15) is 9.59 Å². The highest BCUT2D eigenvalue weighted by atomic mass is 32.1. The van der Waals surface area contributed by atoms with Crippen molar-refractivity contribution in [2.45, 2.75) is 19.5 Å². The van der Waals surface area contributed by atoms with E-state index in [1.807, 2.05) is 22.9 Å². The fraction of sp³-hybridized carbons (Fsp3) is 0.320. The van der Waals surface area contributed by atoms with E-state index in [0.717, 1.165) is 29.1 Å². The number of nitrogens with one attached hydrogen (secondary N) is 1. The molecular weight excluding hydrogens is 468 g/mol. The average molecular weight is 495 g/mol. The van der Waals surface area contributed by atoms with Crippen LogP contribution in [0.3, 0.4) is 0 Å². The first-order chi connectivity index (χ1) is 16.6. The van der Waals surface area contributed by atoms with Crippen LogP contribution >= 0.6 is 22.7 Å². The number of aromatic nitrogens is 2. The molecule has 0 bridgehead atoms. The van der Waals surface area contributed by atoms with Gasteiger partial charge in [0, 0.05) is 35.5 Å². The number of ether oxygens (including phenoxy) is 1. The first-order valence-electron chi connectivity index (χ1n) is 11.3. The number of rotatable bonds is 7. The molecule has 176 valence electrons. The van der Waals surface area contributed by atoms with E-state index >= 15 is 0 Å². The Morgan fingerprint density at radius 3 is 2.71 bits per heavy atom. The molecule has 1 aromatic carbocycles. The zero-order valence-electron chi connectivity index (χ0n) is 18.9. The third kappa shape index (κ3) is 4.83. The van der Waals surface area contributed by atoms with Crippen LogP contribution < -0.4 is 10.9 Å². The first-order valence-corrected chi connectivity index (χ1v) is 13.0. The molecule has 0 aliphatic carbocycles. The van der Waals surface area contributed by atoms with Gasteiger partial charge in [-0.05, 0) is 23.9 Å². The molecular formula is C25H26N4O3S2. The minimum absolute atomic E-state index is 0.0492. The van der Waals surface area contributed by atoms with Crippen molar-refractivity contribution in [1.82, 2.24) is 19.8 Å². The summed E-state index contributed by atoms with van der Waals surface area (Å²) in [6, 6.07) is 12.4. The summed E-state index contributed by atoms with van der Waals surface area (Å²) in [7, 11) is 0. The molecule has 1 aliphatic heterocycles. The van der Waals surface area contributed by atoms with Crippen LogP contribution in [0.25, 0.3) is 20.7 Å². The Bertz CT molecular complexity index is 1320. The van der Waals surface area contributed by atoms with Gasteiger partial charge in [-0.2, -0.15) is 0 Å². The van der Waals surface area contributed by atoms with Crippen molar-refractivity contribution in [2.24, 2.45) is 0 Å². The fourth-order valence-electron chi connectivity index (χ4n) is 4.25. The van der Waals surface area contributed by atoms with Crippen LogP contribution in [-0.2, 0) is 16.1 Å². The fourth-order valence-corrected chi connectivity index (χ4v) is 5.97. The topological polar surface area (TPSA) is 76.5 Å². The monoisotopic (exact) mass is 494 g/mol. The summed E-state index contributed by atoms with van der Waals surface area (Å²) in [4.78, 5) is 34.6. The largest absolute Gasteiger partial charge is 0.379 e. The van der Waals surface area contributed by atoms with Gasteiger partial charge in [0.2, 0.25) is 5.91 Å². The summed E-state index contributed by atoms with van der Waals surface area (Å²) in [5, 5.41) is 7.57. The van der Waals surface area contributed by atoms with Gasteiger partial charge in [0.05, 0.1) is 31.0 Å². The van der Waals surface area contributed by atoms with Crippen LogP contribution in [0.15, 0.2) is 58.3 Å². The number of benzene rings is 1. The summed E-state index contributed by atoms with van der Waals surface area (Å²) in [6.07, 6.45) is 1.47. The summed E-state index contributed by atoms with van der Waals surface area (Å²) in [5.74, 6) is -0.207. The molecule has 3 aromatic heterocycles. The second-order valence-corrected chi connectivity index (χ2v) is 10.2. The van der Waals surface area contributed by atoms with Gasteiger partial charge in [-0.1, -0.05) is 35.9 Å². The number of aryl methyl sites for hydroxylation is 1. The Labute approximate surface area is 205 Å². The zero-order valence-corrected chi connectivity index (χ0v) is 20.5. The van der Waals surface area contributed by atoms with Crippen LogP contribution in [0.1, 0.15) is 17.2 Å². The van der Waals surface area contributed by atoms with Crippen molar-refractivity contribution in [3.63, 3.8) is 0 Å². The maximum Gasteiger partial charge on any atom is 0.263 e. The summed E-state index contributed by atoms with van der Waals surface area (Å²) in [5.41, 5.74) is 3.06. The van der Waals surface area contributed by atoms with E-state index in [-0.39, 0.29) is 24.1 Å². The number of carbonyl (C=O) groups is 1. The molecule has 1 amide bonds. The van der Waals surface area contributed by atoms with E-state index in [1.165, 1.54) is 27.8 Å². The normalized spacial score (nSPS) is 15.4. The third-order valence-corrected chi connectivity index (χ3v) is 7.89. The van der Waals surface area contributed by atoms with Crippen LogP contribution in [0.4, 0.5) is 0 Å². The maximum atomic E-state index is 13.2. The quantitative estimate of drug-likeness (QED) is 0.424. The smallest absolute Gasteiger partial charge is 0.263 e. The van der Waals surface area contributed by atoms with Crippen molar-refractivity contribution >= 4 is 38.8 Å². The highest BCUT2D eigenvalue weighted by Gasteiger charge is 2.23. The lowest BCUT2D eigenvalue weighted by Crippen LogP contribution is -2.44. The first kappa shape index (κ1) is 22.9. The Morgan fingerprint density at radius 2 is 1.97 bits per heavy atom. The van der Waals surface area contributed by atoms with Crippen LogP contribution in [0.2, 0.25) is 0 Å². The van der Waals surface area contributed by atoms with Gasteiger partial charge in [-0.3, -0.25) is 19.1 Å². The standard InChI is InChI=1S/C25H26N4O3S2/c1-17-4-6-18(7-5-17)20(28-8-10-32-11-9-28)13-26-22(30)14-29-16-27-24-23(25(29)31)19(15-34-24)21-3-2-12-33-21/h2-7,12,15-16,20H,8-11,13-14H2,1H3,(H,26,30). The molecule has 5 rings (SSSR count). The molecule has 9 heteroatoms. The molecule has 1 unspecified atom stereocenters. The molecule has 4 aromatic rings. The highest BCUT2D eigenvalue weighted by molar-refractivity contribution is 7.18. The molecule has 34 heavy (non-hydrogen) atoms. The second kappa shape index (κ2) is 10.2. The SMILES string of the molecule is Cc1ccc(C(CNC(=O)Cn2cnc3scc(-c4cccs4)c3c2=O)N2CCOCC2)cc1. The predicted molar refractivity (Wildman–Crippen MR) is 137 cm³/mol. The van der Waals surface area contributed by atoms with E-state index in [4.69, 9.17) is 4.74 Å². The summed E-state index contributed by atoms with van der Waals surface area (Å²) >= 11 is 3.03. The van der Waals surface area contributed by atoms with E-state index in [2.05, 4.69) is 46.4 Å². The minimum Gasteiger partial charge on any atom is -0.379 e. The number of nitrogens with zero attached hydrogens (tertiary/aromatic N) is 3. The maximum absolute atomic E-state index is 13.2. The van der Waals surface area contributed by atoms with Crippen molar-refractivity contribution in [3.05, 3.63) is 75.0 Å². The Balaban J connectivity index is 1.33. The van der Waals surface area contributed by atoms with Crippen LogP contribution in [0.5, 0.6) is 0 Å². The molecule has 1 atom stereocenters. The van der Waals surface area contributed by atoms with E-state index in [1.54, 1.807) is 11.3 Å². The van der Waals surface area contributed by atoms with Gasteiger partial charge < -0.3 is 10.1 Å². The number of morpholine rings is 1. The Hall–Kier alpha value is -2.85. The Kier molecular flexibility index (Phi) is 6.87. The number of thiophene rings is 2. The number of carbonyl (C=O) groups excluding carboxylic acids is 1. The molecule has 1 fully saturated rings. The van der Waals surface area contributed by atoms with Crippen LogP contribution in [-0.4, -0.2) is 53.2 Å². The summed E-state index contributed by atoms with van der Waals surface area (Å²) < 4.78 is 6.91. The third-order valence-electron chi connectivity index (χ3n) is 6.10. The molecule has 4 heterocycles. The van der Waals surface area contributed by atoms with Gasteiger partial charge in [-0.15, -0.1) is 22.7 Å². The number of hydrogen-bond acceptors (Lipinski definition) is 7. The lowest BCUT2D eigenvalue weighted by atomic mass is 10.0. The van der Waals surface area contributed by atoms with E-state index < -0.39 is 0 Å². The van der Waals surface area contributed by atoms with Crippen molar-refractivity contribution in [2.75, 3.05) is 32.8 Å². The molecule has 0 radical (unpaired) electrons. The highest BCUT2D eigenvalue weighted by Crippen LogP contribution is 2.33. The molecule has 1 saturated heterocycles. The number of amides is 1. The minimum atomic E-state index is -0.207. The van der Waals surface area contributed by atoms with Crippen molar-refractivity contribution in [3.8, 4) is 10.4 Å². The molecule has 1 aliphatic rings. The van der Waals surface area contributed by atoms with Gasteiger partial charge in [0.1, 0.15) is 11.4 Å². The van der Waals surface area contributed by atoms with Gasteiger partial charge in [0.25, 0.3) is 5.56 Å². The molecule has 0 saturated carbocycles. The molecule has 1 N–H and O–H groups in total. The summed E-state index contributed by atoms with van der Waals surface area (Å²) in [6.45, 7) is 5.47.